The van der Waals surface area contributed by atoms with Crippen molar-refractivity contribution in [3.63, 3.8) is 0 Å². The smallest absolute Gasteiger partial charge is 0.251 e. The van der Waals surface area contributed by atoms with E-state index in [4.69, 9.17) is 4.74 Å². The van der Waals surface area contributed by atoms with Crippen molar-refractivity contribution in [2.75, 3.05) is 6.61 Å². The first-order chi connectivity index (χ1) is 9.24. The summed E-state index contributed by atoms with van der Waals surface area (Å²) >= 11 is 0. The number of para-hydroxylation sites is 1. The van der Waals surface area contributed by atoms with Gasteiger partial charge in [0.2, 0.25) is 0 Å². The van der Waals surface area contributed by atoms with Crippen molar-refractivity contribution in [1.29, 1.82) is 0 Å². The van der Waals surface area contributed by atoms with E-state index in [1.54, 1.807) is 0 Å². The number of hydrogen-bond donors (Lipinski definition) is 1. The fourth-order valence-corrected chi connectivity index (χ4v) is 2.13. The van der Waals surface area contributed by atoms with Gasteiger partial charge in [-0.2, -0.15) is 0 Å². The zero-order valence-corrected chi connectivity index (χ0v) is 10.1. The van der Waals surface area contributed by atoms with E-state index in [0.717, 1.165) is 11.3 Å². The molecule has 4 heteroatoms. The third-order valence-electron chi connectivity index (χ3n) is 3.11. The van der Waals surface area contributed by atoms with Crippen molar-refractivity contribution in [1.82, 2.24) is 5.32 Å². The summed E-state index contributed by atoms with van der Waals surface area (Å²) in [6.45, 7) is 0.423. The molecule has 1 amide bonds. The molecule has 1 unspecified atom stereocenters. The Bertz CT molecular complexity index is 610. The number of hydrogen-bond acceptors (Lipinski definition) is 2. The van der Waals surface area contributed by atoms with Crippen LogP contribution in [-0.4, -0.2) is 12.5 Å². The second kappa shape index (κ2) is 4.72. The van der Waals surface area contributed by atoms with E-state index in [2.05, 4.69) is 5.32 Å². The second-order valence-electron chi connectivity index (χ2n) is 4.38. The first kappa shape index (κ1) is 11.7. The second-order valence-corrected chi connectivity index (χ2v) is 4.38. The maximum atomic E-state index is 12.8. The topological polar surface area (TPSA) is 38.3 Å². The Morgan fingerprint density at radius 3 is 2.68 bits per heavy atom. The van der Waals surface area contributed by atoms with E-state index < -0.39 is 0 Å². The molecule has 1 N–H and O–H groups in total. The van der Waals surface area contributed by atoms with Crippen LogP contribution in [-0.2, 0) is 0 Å². The van der Waals surface area contributed by atoms with Crippen LogP contribution in [0.3, 0.4) is 0 Å². The number of halogens is 1. The summed E-state index contributed by atoms with van der Waals surface area (Å²) in [4.78, 5) is 12.0. The van der Waals surface area contributed by atoms with Crippen molar-refractivity contribution in [3.05, 3.63) is 65.5 Å². The van der Waals surface area contributed by atoms with Crippen molar-refractivity contribution in [3.8, 4) is 5.75 Å². The van der Waals surface area contributed by atoms with Crippen LogP contribution in [0.5, 0.6) is 5.75 Å². The molecule has 0 radical (unpaired) electrons. The highest BCUT2D eigenvalue weighted by Crippen LogP contribution is 2.31. The molecule has 1 aliphatic rings. The standard InChI is InChI=1S/C15H12FNO2/c16-11-7-5-10(6-8-11)15(18)17-13-9-19-14-4-2-1-3-12(13)14/h1-8,13H,9H2,(H,17,18). The van der Waals surface area contributed by atoms with Crippen LogP contribution in [0.25, 0.3) is 0 Å². The maximum absolute atomic E-state index is 12.8. The van der Waals surface area contributed by atoms with Crippen LogP contribution in [0.2, 0.25) is 0 Å². The van der Waals surface area contributed by atoms with Gasteiger partial charge in [-0.15, -0.1) is 0 Å². The van der Waals surface area contributed by atoms with Gasteiger partial charge in [0.05, 0.1) is 6.04 Å². The van der Waals surface area contributed by atoms with Crippen LogP contribution >= 0.6 is 0 Å². The molecule has 1 heterocycles. The Kier molecular flexibility index (Phi) is 2.91. The van der Waals surface area contributed by atoms with Crippen molar-refractivity contribution in [2.24, 2.45) is 0 Å². The number of carbonyl (C=O) groups excluding carboxylic acids is 1. The molecule has 2 aromatic rings. The summed E-state index contributed by atoms with van der Waals surface area (Å²) in [7, 11) is 0. The van der Waals surface area contributed by atoms with Crippen LogP contribution < -0.4 is 10.1 Å². The first-order valence-corrected chi connectivity index (χ1v) is 6.02. The Morgan fingerprint density at radius 2 is 1.89 bits per heavy atom. The normalized spacial score (nSPS) is 16.6. The Balaban J connectivity index is 1.76. The Morgan fingerprint density at radius 1 is 1.16 bits per heavy atom. The molecular weight excluding hydrogens is 245 g/mol. The molecule has 3 rings (SSSR count). The third kappa shape index (κ3) is 2.29. The number of amides is 1. The van der Waals surface area contributed by atoms with Crippen LogP contribution in [0.1, 0.15) is 22.0 Å². The summed E-state index contributed by atoms with van der Waals surface area (Å²) in [6, 6.07) is 12.9. The number of ether oxygens (including phenoxy) is 1. The number of nitrogens with one attached hydrogen (secondary N) is 1. The summed E-state index contributed by atoms with van der Waals surface area (Å²) in [5, 5.41) is 2.88. The van der Waals surface area contributed by atoms with Gasteiger partial charge < -0.3 is 10.1 Å². The molecule has 0 aromatic heterocycles. The quantitative estimate of drug-likeness (QED) is 0.898. The molecule has 0 saturated heterocycles. The van der Waals surface area contributed by atoms with E-state index in [0.29, 0.717) is 12.2 Å². The molecule has 1 aliphatic heterocycles. The van der Waals surface area contributed by atoms with Crippen molar-refractivity contribution < 1.29 is 13.9 Å². The molecule has 0 bridgehead atoms. The lowest BCUT2D eigenvalue weighted by molar-refractivity contribution is 0.0930. The summed E-state index contributed by atoms with van der Waals surface area (Å²) < 4.78 is 18.3. The highest BCUT2D eigenvalue weighted by Gasteiger charge is 2.25. The van der Waals surface area contributed by atoms with Crippen molar-refractivity contribution >= 4 is 5.91 Å². The average molecular weight is 257 g/mol. The summed E-state index contributed by atoms with van der Waals surface area (Å²) in [5.41, 5.74) is 1.41. The Hall–Kier alpha value is -2.36. The molecule has 0 saturated carbocycles. The lowest BCUT2D eigenvalue weighted by atomic mass is 10.1. The highest BCUT2D eigenvalue weighted by atomic mass is 19.1. The van der Waals surface area contributed by atoms with Gasteiger partial charge in [-0.05, 0) is 30.3 Å². The number of rotatable bonds is 2. The van der Waals surface area contributed by atoms with E-state index in [-0.39, 0.29) is 17.8 Å². The highest BCUT2D eigenvalue weighted by molar-refractivity contribution is 5.94. The SMILES string of the molecule is O=C(NC1COc2ccccc21)c1ccc(F)cc1. The van der Waals surface area contributed by atoms with Gasteiger partial charge in [0.15, 0.2) is 0 Å². The van der Waals surface area contributed by atoms with Gasteiger partial charge in [-0.25, -0.2) is 4.39 Å². The molecule has 1 atom stereocenters. The molecule has 19 heavy (non-hydrogen) atoms. The van der Waals surface area contributed by atoms with Gasteiger partial charge in [0, 0.05) is 11.1 Å². The largest absolute Gasteiger partial charge is 0.491 e. The molecule has 2 aromatic carbocycles. The molecule has 96 valence electrons. The average Bonchev–Trinajstić information content (AvgIpc) is 2.83. The molecular formula is C15H12FNO2. The van der Waals surface area contributed by atoms with Gasteiger partial charge in [-0.1, -0.05) is 18.2 Å². The van der Waals surface area contributed by atoms with Gasteiger partial charge >= 0.3 is 0 Å². The fraction of sp³-hybridized carbons (Fsp3) is 0.133. The van der Waals surface area contributed by atoms with Crippen molar-refractivity contribution in [2.45, 2.75) is 6.04 Å². The maximum Gasteiger partial charge on any atom is 0.251 e. The van der Waals surface area contributed by atoms with E-state index >= 15 is 0 Å². The minimum absolute atomic E-state index is 0.159. The van der Waals surface area contributed by atoms with Gasteiger partial charge in [0.25, 0.3) is 5.91 Å². The van der Waals surface area contributed by atoms with E-state index in [1.165, 1.54) is 24.3 Å². The minimum atomic E-state index is -0.355. The summed E-state index contributed by atoms with van der Waals surface area (Å²) in [6.07, 6.45) is 0. The third-order valence-corrected chi connectivity index (χ3v) is 3.11. The molecule has 0 fully saturated rings. The predicted octanol–water partition coefficient (Wildman–Crippen LogP) is 2.69. The van der Waals surface area contributed by atoms with Crippen LogP contribution in [0.15, 0.2) is 48.5 Å². The van der Waals surface area contributed by atoms with Crippen LogP contribution in [0.4, 0.5) is 4.39 Å². The molecule has 0 spiro atoms. The predicted molar refractivity (Wildman–Crippen MR) is 68.5 cm³/mol. The summed E-state index contributed by atoms with van der Waals surface area (Å²) in [5.74, 6) is 0.211. The minimum Gasteiger partial charge on any atom is -0.491 e. The number of carbonyl (C=O) groups is 1. The number of benzene rings is 2. The molecule has 0 aliphatic carbocycles. The fourth-order valence-electron chi connectivity index (χ4n) is 2.13. The van der Waals surface area contributed by atoms with Gasteiger partial charge in [0.1, 0.15) is 18.2 Å². The van der Waals surface area contributed by atoms with E-state index in [9.17, 15) is 9.18 Å². The Labute approximate surface area is 110 Å². The zero-order valence-electron chi connectivity index (χ0n) is 10.1. The van der Waals surface area contributed by atoms with Gasteiger partial charge in [-0.3, -0.25) is 4.79 Å². The zero-order chi connectivity index (χ0) is 13.2. The number of fused-ring (bicyclic) bond motifs is 1. The van der Waals surface area contributed by atoms with Crippen LogP contribution in [0, 0.1) is 5.82 Å². The van der Waals surface area contributed by atoms with E-state index in [1.807, 2.05) is 24.3 Å². The molecule has 3 nitrogen and oxygen atoms in total. The lowest BCUT2D eigenvalue weighted by Crippen LogP contribution is -2.29. The lowest BCUT2D eigenvalue weighted by Gasteiger charge is -2.11. The monoisotopic (exact) mass is 257 g/mol. The first-order valence-electron chi connectivity index (χ1n) is 6.02.